The Morgan fingerprint density at radius 3 is 3.05 bits per heavy atom. The van der Waals surface area contributed by atoms with Crippen LogP contribution in [0, 0.1) is 0 Å². The van der Waals surface area contributed by atoms with Gasteiger partial charge in [-0.3, -0.25) is 4.90 Å². The molecule has 5 heteroatoms. The Labute approximate surface area is 115 Å². The fourth-order valence-electron chi connectivity index (χ4n) is 2.86. The minimum atomic E-state index is 0.575. The van der Waals surface area contributed by atoms with Crippen LogP contribution in [-0.4, -0.2) is 47.3 Å². The van der Waals surface area contributed by atoms with Crippen LogP contribution < -0.4 is 5.32 Å². The maximum atomic E-state index is 5.38. The third-order valence-corrected chi connectivity index (χ3v) is 3.83. The van der Waals surface area contributed by atoms with Crippen molar-refractivity contribution in [1.29, 1.82) is 0 Å². The lowest BCUT2D eigenvalue weighted by Gasteiger charge is -2.27. The molecule has 1 fully saturated rings. The van der Waals surface area contributed by atoms with Crippen LogP contribution in [0.1, 0.15) is 44.8 Å². The molecule has 1 N–H and O–H groups in total. The van der Waals surface area contributed by atoms with Crippen molar-refractivity contribution in [3.05, 3.63) is 11.7 Å². The van der Waals surface area contributed by atoms with Gasteiger partial charge in [-0.05, 0) is 53.2 Å². The van der Waals surface area contributed by atoms with E-state index in [0.29, 0.717) is 12.1 Å². The molecule has 0 aromatic carbocycles. The number of nitrogens with one attached hydrogen (secondary N) is 1. The molecule has 2 heterocycles. The van der Waals surface area contributed by atoms with E-state index in [1.54, 1.807) is 0 Å². The maximum absolute atomic E-state index is 5.38. The molecule has 108 valence electrons. The number of aryl methyl sites for hydroxylation is 1. The Kier molecular flexibility index (Phi) is 5.34. The van der Waals surface area contributed by atoms with E-state index in [9.17, 15) is 0 Å². The summed E-state index contributed by atoms with van der Waals surface area (Å²) < 4.78 is 5.38. The van der Waals surface area contributed by atoms with Crippen molar-refractivity contribution in [3.8, 4) is 0 Å². The van der Waals surface area contributed by atoms with E-state index in [1.807, 2.05) is 7.05 Å². The summed E-state index contributed by atoms with van der Waals surface area (Å²) in [5.41, 5.74) is 0. The molecule has 1 unspecified atom stereocenters. The molecule has 0 saturated carbocycles. The molecule has 1 saturated heterocycles. The van der Waals surface area contributed by atoms with Crippen molar-refractivity contribution in [2.24, 2.45) is 0 Å². The number of rotatable bonds is 7. The van der Waals surface area contributed by atoms with Crippen molar-refractivity contribution < 1.29 is 4.52 Å². The van der Waals surface area contributed by atoms with Crippen LogP contribution in [0.4, 0.5) is 0 Å². The lowest BCUT2D eigenvalue weighted by atomic mass is 10.1. The third-order valence-electron chi connectivity index (χ3n) is 3.83. The van der Waals surface area contributed by atoms with Gasteiger partial charge in [-0.1, -0.05) is 5.16 Å². The van der Waals surface area contributed by atoms with Gasteiger partial charge in [-0.15, -0.1) is 0 Å². The van der Waals surface area contributed by atoms with E-state index in [4.69, 9.17) is 4.52 Å². The standard InChI is InChI=1S/C14H26N4O/c1-11(2)18-9-5-6-12(18)10-14-16-13(17-19-14)7-4-8-15-3/h11-12,15H,4-10H2,1-3H3. The molecule has 0 spiro atoms. The summed E-state index contributed by atoms with van der Waals surface area (Å²) >= 11 is 0. The van der Waals surface area contributed by atoms with E-state index in [1.165, 1.54) is 19.4 Å². The van der Waals surface area contributed by atoms with Crippen LogP contribution in [-0.2, 0) is 12.8 Å². The van der Waals surface area contributed by atoms with Gasteiger partial charge in [-0.25, -0.2) is 0 Å². The van der Waals surface area contributed by atoms with E-state index in [-0.39, 0.29) is 0 Å². The number of hydrogen-bond donors (Lipinski definition) is 1. The monoisotopic (exact) mass is 266 g/mol. The second kappa shape index (κ2) is 7.01. The zero-order valence-electron chi connectivity index (χ0n) is 12.4. The van der Waals surface area contributed by atoms with Gasteiger partial charge in [-0.2, -0.15) is 4.98 Å². The number of aromatic nitrogens is 2. The van der Waals surface area contributed by atoms with Gasteiger partial charge in [0, 0.05) is 24.9 Å². The summed E-state index contributed by atoms with van der Waals surface area (Å²) in [6.45, 7) is 6.71. The largest absolute Gasteiger partial charge is 0.339 e. The van der Waals surface area contributed by atoms with E-state index in [2.05, 4.69) is 34.2 Å². The van der Waals surface area contributed by atoms with Gasteiger partial charge in [0.15, 0.2) is 5.82 Å². The molecule has 19 heavy (non-hydrogen) atoms. The number of hydrogen-bond acceptors (Lipinski definition) is 5. The fraction of sp³-hybridized carbons (Fsp3) is 0.857. The van der Waals surface area contributed by atoms with Crippen molar-refractivity contribution in [1.82, 2.24) is 20.4 Å². The smallest absolute Gasteiger partial charge is 0.228 e. The van der Waals surface area contributed by atoms with Crippen LogP contribution >= 0.6 is 0 Å². The first-order valence-electron chi connectivity index (χ1n) is 7.42. The molecule has 1 aromatic rings. The van der Waals surface area contributed by atoms with Gasteiger partial charge < -0.3 is 9.84 Å². The molecule has 0 radical (unpaired) electrons. The molecule has 5 nitrogen and oxygen atoms in total. The summed E-state index contributed by atoms with van der Waals surface area (Å²) in [5, 5.41) is 7.20. The summed E-state index contributed by atoms with van der Waals surface area (Å²) in [6.07, 6.45) is 5.37. The molecule has 0 amide bonds. The van der Waals surface area contributed by atoms with Crippen LogP contribution in [0.3, 0.4) is 0 Å². The van der Waals surface area contributed by atoms with Gasteiger partial charge in [0.1, 0.15) is 0 Å². The molecule has 0 bridgehead atoms. The van der Waals surface area contributed by atoms with Crippen LogP contribution in [0.5, 0.6) is 0 Å². The topological polar surface area (TPSA) is 54.2 Å². The average molecular weight is 266 g/mol. The molecule has 1 aliphatic rings. The normalized spacial score (nSPS) is 20.5. The van der Waals surface area contributed by atoms with Gasteiger partial charge >= 0.3 is 0 Å². The van der Waals surface area contributed by atoms with Crippen LogP contribution in [0.25, 0.3) is 0 Å². The lowest BCUT2D eigenvalue weighted by molar-refractivity contribution is 0.192. The summed E-state index contributed by atoms with van der Waals surface area (Å²) in [7, 11) is 1.96. The highest BCUT2D eigenvalue weighted by Gasteiger charge is 2.28. The highest BCUT2D eigenvalue weighted by atomic mass is 16.5. The Hall–Kier alpha value is -0.940. The second-order valence-corrected chi connectivity index (χ2v) is 5.64. The second-order valence-electron chi connectivity index (χ2n) is 5.64. The predicted octanol–water partition coefficient (Wildman–Crippen LogP) is 1.64. The maximum Gasteiger partial charge on any atom is 0.228 e. The molecule has 0 aliphatic carbocycles. The summed E-state index contributed by atoms with van der Waals surface area (Å²) in [5.74, 6) is 1.65. The SMILES string of the molecule is CNCCCc1noc(CC2CCCN2C(C)C)n1. The van der Waals surface area contributed by atoms with Crippen molar-refractivity contribution in [2.75, 3.05) is 20.1 Å². The average Bonchev–Trinajstić information content (AvgIpc) is 2.99. The van der Waals surface area contributed by atoms with Crippen molar-refractivity contribution >= 4 is 0 Å². The summed E-state index contributed by atoms with van der Waals surface area (Å²) in [4.78, 5) is 7.05. The first-order chi connectivity index (χ1) is 9.20. The Balaban J connectivity index is 1.85. The first kappa shape index (κ1) is 14.5. The van der Waals surface area contributed by atoms with Crippen molar-refractivity contribution in [2.45, 2.75) is 58.0 Å². The highest BCUT2D eigenvalue weighted by Crippen LogP contribution is 2.22. The van der Waals surface area contributed by atoms with Crippen LogP contribution in [0.15, 0.2) is 4.52 Å². The molecule has 1 atom stereocenters. The highest BCUT2D eigenvalue weighted by molar-refractivity contribution is 4.93. The zero-order chi connectivity index (χ0) is 13.7. The molecule has 1 aliphatic heterocycles. The fourth-order valence-corrected chi connectivity index (χ4v) is 2.86. The predicted molar refractivity (Wildman–Crippen MR) is 75.1 cm³/mol. The lowest BCUT2D eigenvalue weighted by Crippen LogP contribution is -2.36. The third kappa shape index (κ3) is 4.01. The zero-order valence-corrected chi connectivity index (χ0v) is 12.4. The van der Waals surface area contributed by atoms with Gasteiger partial charge in [0.05, 0.1) is 0 Å². The molecular formula is C14H26N4O. The first-order valence-corrected chi connectivity index (χ1v) is 7.42. The Bertz CT molecular complexity index is 377. The molecular weight excluding hydrogens is 240 g/mol. The van der Waals surface area contributed by atoms with E-state index in [0.717, 1.165) is 37.5 Å². The molecule has 2 rings (SSSR count). The van der Waals surface area contributed by atoms with Gasteiger partial charge in [0.25, 0.3) is 0 Å². The minimum absolute atomic E-state index is 0.575. The quantitative estimate of drug-likeness (QED) is 0.760. The Morgan fingerprint density at radius 2 is 2.32 bits per heavy atom. The number of nitrogens with zero attached hydrogens (tertiary/aromatic N) is 3. The minimum Gasteiger partial charge on any atom is -0.339 e. The Morgan fingerprint density at radius 1 is 1.47 bits per heavy atom. The van der Waals surface area contributed by atoms with Gasteiger partial charge in [0.2, 0.25) is 5.89 Å². The van der Waals surface area contributed by atoms with E-state index < -0.39 is 0 Å². The van der Waals surface area contributed by atoms with Crippen molar-refractivity contribution in [3.63, 3.8) is 0 Å². The number of likely N-dealkylation sites (tertiary alicyclic amines) is 1. The van der Waals surface area contributed by atoms with Crippen LogP contribution in [0.2, 0.25) is 0 Å². The molecule has 1 aromatic heterocycles. The van der Waals surface area contributed by atoms with E-state index >= 15 is 0 Å². The summed E-state index contributed by atoms with van der Waals surface area (Å²) in [6, 6.07) is 1.18.